The van der Waals surface area contributed by atoms with Crippen LogP contribution in [-0.4, -0.2) is 50.6 Å². The number of benzene rings is 1. The summed E-state index contributed by atoms with van der Waals surface area (Å²) in [6.07, 6.45) is 2.87. The second-order valence-corrected chi connectivity index (χ2v) is 6.14. The maximum absolute atomic E-state index is 9.89. The summed E-state index contributed by atoms with van der Waals surface area (Å²) in [5.41, 5.74) is 3.27. The van der Waals surface area contributed by atoms with Crippen LogP contribution >= 0.6 is 0 Å². The highest BCUT2D eigenvalue weighted by molar-refractivity contribution is 5.25. The molecule has 0 aromatic heterocycles. The van der Waals surface area contributed by atoms with Gasteiger partial charge in [0.15, 0.2) is 0 Å². The third kappa shape index (κ3) is 5.59. The molecule has 0 aliphatic carbocycles. The van der Waals surface area contributed by atoms with Crippen LogP contribution in [0.3, 0.4) is 0 Å². The number of rotatable bonds is 10. The molecule has 5 heteroatoms. The monoisotopic (exact) mass is 347 g/mol. The molecule has 1 aromatic carbocycles. The van der Waals surface area contributed by atoms with E-state index in [4.69, 9.17) is 14.2 Å². The van der Waals surface area contributed by atoms with Crippen LogP contribution in [0.4, 0.5) is 0 Å². The fraction of sp³-hybridized carbons (Fsp3) is 0.500. The molecular weight excluding hydrogens is 318 g/mol. The van der Waals surface area contributed by atoms with Crippen molar-refractivity contribution in [2.75, 3.05) is 40.6 Å². The molecule has 25 heavy (non-hydrogen) atoms. The molecule has 1 aromatic rings. The molecule has 1 aliphatic heterocycles. The van der Waals surface area contributed by atoms with Crippen LogP contribution in [0.15, 0.2) is 53.6 Å². The van der Waals surface area contributed by atoms with Crippen LogP contribution in [0.5, 0.6) is 0 Å². The van der Waals surface area contributed by atoms with Gasteiger partial charge in [-0.15, -0.1) is 0 Å². The van der Waals surface area contributed by atoms with Gasteiger partial charge in [0.05, 0.1) is 32.1 Å². The Morgan fingerprint density at radius 2 is 1.96 bits per heavy atom. The van der Waals surface area contributed by atoms with Gasteiger partial charge in [0.1, 0.15) is 12.4 Å². The summed E-state index contributed by atoms with van der Waals surface area (Å²) in [5.74, 6) is 0.766. The molecule has 2 rings (SSSR count). The maximum Gasteiger partial charge on any atom is 0.120 e. The van der Waals surface area contributed by atoms with E-state index < -0.39 is 0 Å². The van der Waals surface area contributed by atoms with Crippen molar-refractivity contribution >= 4 is 0 Å². The average molecular weight is 347 g/mol. The first-order valence-corrected chi connectivity index (χ1v) is 8.65. The fourth-order valence-electron chi connectivity index (χ4n) is 2.82. The van der Waals surface area contributed by atoms with Gasteiger partial charge in [-0.25, -0.2) is 0 Å². The predicted molar refractivity (Wildman–Crippen MR) is 97.7 cm³/mol. The number of allylic oxidation sites excluding steroid dienone is 2. The van der Waals surface area contributed by atoms with E-state index in [1.165, 1.54) is 0 Å². The summed E-state index contributed by atoms with van der Waals surface area (Å²) in [7, 11) is 3.65. The lowest BCUT2D eigenvalue weighted by atomic mass is 10.00. The minimum atomic E-state index is -0.128. The second kappa shape index (κ2) is 10.2. The van der Waals surface area contributed by atoms with Crippen LogP contribution in [0.2, 0.25) is 0 Å². The van der Waals surface area contributed by atoms with Gasteiger partial charge in [-0.05, 0) is 12.5 Å². The number of ether oxygens (including phenoxy) is 3. The molecule has 1 heterocycles. The van der Waals surface area contributed by atoms with Gasteiger partial charge in [0.25, 0.3) is 0 Å². The van der Waals surface area contributed by atoms with Crippen molar-refractivity contribution in [3.63, 3.8) is 0 Å². The average Bonchev–Trinajstić information content (AvgIpc) is 2.64. The third-order valence-electron chi connectivity index (χ3n) is 4.37. The van der Waals surface area contributed by atoms with Gasteiger partial charge in [-0.1, -0.05) is 36.4 Å². The third-order valence-corrected chi connectivity index (χ3v) is 4.37. The van der Waals surface area contributed by atoms with Crippen LogP contribution in [-0.2, 0) is 20.8 Å². The number of aliphatic hydroxyl groups excluding tert-OH is 1. The number of hydrogen-bond acceptors (Lipinski definition) is 5. The summed E-state index contributed by atoms with van der Waals surface area (Å²) >= 11 is 0. The van der Waals surface area contributed by atoms with Crippen LogP contribution in [0.1, 0.15) is 18.9 Å². The lowest BCUT2D eigenvalue weighted by molar-refractivity contribution is 0.0380. The molecule has 1 atom stereocenters. The lowest BCUT2D eigenvalue weighted by Gasteiger charge is -2.34. The first-order valence-electron chi connectivity index (χ1n) is 8.65. The van der Waals surface area contributed by atoms with E-state index >= 15 is 0 Å². The topological polar surface area (TPSA) is 51.2 Å². The SMILES string of the molecule is COCCOCC(CO)C1=C(OCc2ccccc2)CC=C(C)N1C. The van der Waals surface area contributed by atoms with Crippen molar-refractivity contribution in [3.05, 3.63) is 59.1 Å². The highest BCUT2D eigenvalue weighted by Crippen LogP contribution is 2.30. The van der Waals surface area contributed by atoms with E-state index in [1.54, 1.807) is 7.11 Å². The molecule has 5 nitrogen and oxygen atoms in total. The summed E-state index contributed by atoms with van der Waals surface area (Å²) in [4.78, 5) is 2.09. The quantitative estimate of drug-likeness (QED) is 0.660. The largest absolute Gasteiger partial charge is 0.491 e. The van der Waals surface area contributed by atoms with E-state index in [-0.39, 0.29) is 12.5 Å². The zero-order valence-corrected chi connectivity index (χ0v) is 15.4. The Balaban J connectivity index is 2.10. The molecule has 0 saturated carbocycles. The Labute approximate surface area is 150 Å². The Morgan fingerprint density at radius 1 is 1.20 bits per heavy atom. The van der Waals surface area contributed by atoms with Gasteiger partial charge >= 0.3 is 0 Å². The van der Waals surface area contributed by atoms with Crippen molar-refractivity contribution in [2.45, 2.75) is 20.0 Å². The Kier molecular flexibility index (Phi) is 7.98. The lowest BCUT2D eigenvalue weighted by Crippen LogP contribution is -2.31. The molecule has 0 amide bonds. The van der Waals surface area contributed by atoms with E-state index in [0.29, 0.717) is 26.4 Å². The number of methoxy groups -OCH3 is 1. The van der Waals surface area contributed by atoms with E-state index in [9.17, 15) is 5.11 Å². The molecule has 1 aliphatic rings. The Bertz CT molecular complexity index is 583. The second-order valence-electron chi connectivity index (χ2n) is 6.14. The predicted octanol–water partition coefficient (Wildman–Crippen LogP) is 2.93. The summed E-state index contributed by atoms with van der Waals surface area (Å²) < 4.78 is 16.8. The van der Waals surface area contributed by atoms with Gasteiger partial charge < -0.3 is 24.2 Å². The molecule has 0 radical (unpaired) electrons. The zero-order chi connectivity index (χ0) is 18.1. The normalized spacial score (nSPS) is 16.0. The van der Waals surface area contributed by atoms with Crippen molar-refractivity contribution in [1.82, 2.24) is 4.90 Å². The van der Waals surface area contributed by atoms with E-state index in [1.807, 2.05) is 37.4 Å². The smallest absolute Gasteiger partial charge is 0.120 e. The van der Waals surface area contributed by atoms with E-state index in [0.717, 1.165) is 29.1 Å². The fourth-order valence-corrected chi connectivity index (χ4v) is 2.82. The van der Waals surface area contributed by atoms with Crippen LogP contribution in [0.25, 0.3) is 0 Å². The molecule has 0 bridgehead atoms. The maximum atomic E-state index is 9.89. The van der Waals surface area contributed by atoms with Gasteiger partial charge in [0, 0.05) is 32.2 Å². The van der Waals surface area contributed by atoms with Crippen molar-refractivity contribution < 1.29 is 19.3 Å². The summed E-state index contributed by atoms with van der Waals surface area (Å²) in [6.45, 7) is 4.09. The highest BCUT2D eigenvalue weighted by atomic mass is 16.5. The molecule has 0 spiro atoms. The Hall–Kier alpha value is -1.82. The van der Waals surface area contributed by atoms with Crippen LogP contribution < -0.4 is 0 Å². The molecule has 0 fully saturated rings. The first-order chi connectivity index (χ1) is 12.2. The number of aliphatic hydroxyl groups is 1. The van der Waals surface area contributed by atoms with Gasteiger partial charge in [-0.2, -0.15) is 0 Å². The minimum Gasteiger partial charge on any atom is -0.491 e. The van der Waals surface area contributed by atoms with E-state index in [2.05, 4.69) is 17.9 Å². The van der Waals surface area contributed by atoms with Crippen molar-refractivity contribution in [2.24, 2.45) is 5.92 Å². The summed E-state index contributed by atoms with van der Waals surface area (Å²) in [5, 5.41) is 9.89. The number of hydrogen-bond donors (Lipinski definition) is 1. The highest BCUT2D eigenvalue weighted by Gasteiger charge is 2.26. The first kappa shape index (κ1) is 19.5. The summed E-state index contributed by atoms with van der Waals surface area (Å²) in [6, 6.07) is 10.1. The molecule has 1 unspecified atom stereocenters. The van der Waals surface area contributed by atoms with Gasteiger partial charge in [-0.3, -0.25) is 0 Å². The Morgan fingerprint density at radius 3 is 2.64 bits per heavy atom. The van der Waals surface area contributed by atoms with Gasteiger partial charge in [0.2, 0.25) is 0 Å². The van der Waals surface area contributed by atoms with Crippen molar-refractivity contribution in [1.29, 1.82) is 0 Å². The molecule has 1 N–H and O–H groups in total. The van der Waals surface area contributed by atoms with Crippen molar-refractivity contribution in [3.8, 4) is 0 Å². The minimum absolute atomic E-state index is 0.0120. The van der Waals surface area contributed by atoms with Crippen LogP contribution in [0, 0.1) is 5.92 Å². The molecular formula is C20H29NO4. The zero-order valence-electron chi connectivity index (χ0n) is 15.4. The standard InChI is InChI=1S/C20H29NO4/c1-16-9-10-19(25-14-17-7-5-4-6-8-17)20(21(16)2)18(13-22)15-24-12-11-23-3/h4-9,18,22H,10-15H2,1-3H3. The molecule has 138 valence electrons. The molecule has 0 saturated heterocycles. The number of nitrogens with zero attached hydrogens (tertiary/aromatic N) is 1.